The summed E-state index contributed by atoms with van der Waals surface area (Å²) in [5, 5.41) is 12.7. The molecule has 9 heterocycles. The molecule has 0 aliphatic carbocycles. The van der Waals surface area contributed by atoms with Gasteiger partial charge in [0.2, 0.25) is 11.8 Å². The van der Waals surface area contributed by atoms with Crippen LogP contribution in [0, 0.1) is 42.7 Å². The van der Waals surface area contributed by atoms with Crippen LogP contribution in [-0.2, 0) is 16.0 Å². The van der Waals surface area contributed by atoms with Crippen molar-refractivity contribution < 1.29 is 27.6 Å². The van der Waals surface area contributed by atoms with E-state index < -0.39 is 17.7 Å². The van der Waals surface area contributed by atoms with Gasteiger partial charge < -0.3 is 34.6 Å². The van der Waals surface area contributed by atoms with Crippen molar-refractivity contribution in [1.82, 2.24) is 45.5 Å². The van der Waals surface area contributed by atoms with E-state index in [1.807, 2.05) is 43.6 Å². The van der Waals surface area contributed by atoms with Crippen LogP contribution in [0.1, 0.15) is 80.5 Å². The number of thiazole rings is 1. The van der Waals surface area contributed by atoms with Crippen molar-refractivity contribution in [2.75, 3.05) is 68.8 Å². The fourth-order valence-electron chi connectivity index (χ4n) is 12.3. The van der Waals surface area contributed by atoms with Crippen molar-refractivity contribution in [3.8, 4) is 40.1 Å². The molecule has 5 aliphatic heterocycles. The Morgan fingerprint density at radius 3 is 2.51 bits per heavy atom. The lowest BCUT2D eigenvalue weighted by Gasteiger charge is -2.42. The molecule has 5 saturated heterocycles. The lowest BCUT2D eigenvalue weighted by molar-refractivity contribution is -0.138. The highest BCUT2D eigenvalue weighted by atomic mass is 32.1. The second kappa shape index (κ2) is 21.2. The summed E-state index contributed by atoms with van der Waals surface area (Å²) < 4.78 is 43.9. The molecule has 12 rings (SSSR count). The minimum absolute atomic E-state index is 0.0349. The number of benzene rings is 3. The number of pyridine rings is 1. The number of anilines is 2. The Bertz CT molecular complexity index is 3340. The molecule has 0 spiro atoms. The molecule has 5 aliphatic rings. The quantitative estimate of drug-likeness (QED) is 0.0944. The van der Waals surface area contributed by atoms with E-state index in [9.17, 15) is 14.0 Å². The smallest absolute Gasteiger partial charge is 0.319 e. The molecule has 392 valence electrons. The maximum atomic E-state index is 17.0. The van der Waals surface area contributed by atoms with Crippen molar-refractivity contribution in [1.29, 1.82) is 0 Å². The minimum atomic E-state index is -0.639. The van der Waals surface area contributed by atoms with Crippen molar-refractivity contribution in [2.24, 2.45) is 11.8 Å². The lowest BCUT2D eigenvalue weighted by atomic mass is 9.83. The SMILES string of the molecule is C#Cc1c(F)ccc2cccc(-c3ncc4c(N5CC6CCC(C5)N6)nc(OCCN5CCC(CC6CN(c7cc(CC(=O)N8CCCC8C(=O)NC(C)c8ccc(-c9scnc9C)cc8)on7)C6)CC5)nc4c3F)c12. The summed E-state index contributed by atoms with van der Waals surface area (Å²) in [7, 11) is 0. The number of hydrogen-bond donors (Lipinski definition) is 2. The monoisotopic (exact) mass is 1050 g/mol. The molecule has 0 saturated carbocycles. The summed E-state index contributed by atoms with van der Waals surface area (Å²) in [6, 6.07) is 18.4. The summed E-state index contributed by atoms with van der Waals surface area (Å²) in [6.07, 6.45) is 14.3. The van der Waals surface area contributed by atoms with Gasteiger partial charge in [-0.2, -0.15) is 9.97 Å². The molecule has 0 radical (unpaired) electrons. The third kappa shape index (κ3) is 9.96. The fourth-order valence-corrected chi connectivity index (χ4v) is 13.1. The van der Waals surface area contributed by atoms with Gasteiger partial charge in [0.25, 0.3) is 0 Å². The molecule has 5 fully saturated rings. The highest BCUT2D eigenvalue weighted by Crippen LogP contribution is 2.39. The standard InChI is InChI=1S/C58H61F2N11O4S/c1-4-44-47(59)17-14-39-7-5-8-45(51(39)44)53-52(60)54-46(28-61-53)56(70-31-41-15-16-42(32-70)64-41)66-58(65-54)74-24-23-68-21-18-36(19-22-68)25-37-29-69(30-37)49-26-43(75-67-49)27-50(72)71-20-6-9-48(71)57(73)63-34(2)38-10-12-40(13-11-38)55-35(3)62-33-76-55/h1,5,7-8,10-14,17,26,28,33-34,36-37,41-42,48,64H,6,9,15-16,18-25,27,29-32H2,2-3H3,(H,63,73). The molecule has 15 nitrogen and oxygen atoms in total. The van der Waals surface area contributed by atoms with Crippen LogP contribution in [-0.4, -0.2) is 124 Å². The van der Waals surface area contributed by atoms with Crippen molar-refractivity contribution in [2.45, 2.75) is 89.4 Å². The number of piperidine rings is 1. The fraction of sp³-hybridized carbons (Fsp3) is 0.431. The Morgan fingerprint density at radius 1 is 0.947 bits per heavy atom. The van der Waals surface area contributed by atoms with Crippen LogP contribution in [0.5, 0.6) is 6.01 Å². The summed E-state index contributed by atoms with van der Waals surface area (Å²) in [4.78, 5) is 55.3. The number of halogens is 2. The van der Waals surface area contributed by atoms with Gasteiger partial charge in [-0.15, -0.1) is 17.8 Å². The van der Waals surface area contributed by atoms with Crippen LogP contribution < -0.4 is 25.2 Å². The summed E-state index contributed by atoms with van der Waals surface area (Å²) in [5.41, 5.74) is 5.54. The topological polar surface area (TPSA) is 158 Å². The maximum Gasteiger partial charge on any atom is 0.319 e. The Morgan fingerprint density at radius 2 is 1.75 bits per heavy atom. The number of carbonyl (C=O) groups is 2. The number of nitrogens with one attached hydrogen (secondary N) is 2. The van der Waals surface area contributed by atoms with Crippen LogP contribution in [0.25, 0.3) is 43.4 Å². The normalized spacial score (nSPS) is 20.6. The van der Waals surface area contributed by atoms with Gasteiger partial charge in [0.05, 0.1) is 39.5 Å². The Labute approximate surface area is 444 Å². The highest BCUT2D eigenvalue weighted by molar-refractivity contribution is 7.13. The van der Waals surface area contributed by atoms with E-state index in [0.29, 0.717) is 83.3 Å². The first-order valence-corrected chi connectivity index (χ1v) is 27.6. The first-order chi connectivity index (χ1) is 37.0. The molecule has 2 bridgehead atoms. The molecule has 4 aromatic heterocycles. The molecule has 76 heavy (non-hydrogen) atoms. The number of nitrogens with zero attached hydrogens (tertiary/aromatic N) is 9. The van der Waals surface area contributed by atoms with Crippen molar-refractivity contribution >= 4 is 56.5 Å². The second-order valence-electron chi connectivity index (χ2n) is 21.4. The predicted molar refractivity (Wildman–Crippen MR) is 289 cm³/mol. The van der Waals surface area contributed by atoms with E-state index in [-0.39, 0.29) is 47.1 Å². The average Bonchev–Trinajstić information content (AvgIpc) is 4.29. The van der Waals surface area contributed by atoms with Crippen LogP contribution >= 0.6 is 11.3 Å². The second-order valence-corrected chi connectivity index (χ2v) is 22.2. The number of amides is 2. The average molecular weight is 1050 g/mol. The molecule has 4 atom stereocenters. The zero-order valence-electron chi connectivity index (χ0n) is 42.8. The van der Waals surface area contributed by atoms with E-state index in [0.717, 1.165) is 105 Å². The van der Waals surface area contributed by atoms with Crippen molar-refractivity contribution in [3.63, 3.8) is 0 Å². The van der Waals surface area contributed by atoms with E-state index in [2.05, 4.69) is 63.5 Å². The summed E-state index contributed by atoms with van der Waals surface area (Å²) in [5.74, 6) is 4.01. The number of aromatic nitrogens is 5. The Balaban J connectivity index is 0.617. The summed E-state index contributed by atoms with van der Waals surface area (Å²) in [6.45, 7) is 10.7. The third-order valence-electron chi connectivity index (χ3n) is 16.4. The Kier molecular flexibility index (Phi) is 13.9. The van der Waals surface area contributed by atoms with Gasteiger partial charge in [0, 0.05) is 74.6 Å². The molecule has 18 heteroatoms. The van der Waals surface area contributed by atoms with Gasteiger partial charge in [-0.25, -0.2) is 13.8 Å². The maximum absolute atomic E-state index is 17.0. The number of ether oxygens (including phenoxy) is 1. The van der Waals surface area contributed by atoms with E-state index in [1.54, 1.807) is 40.6 Å². The number of rotatable bonds is 15. The van der Waals surface area contributed by atoms with Gasteiger partial charge in [-0.1, -0.05) is 59.6 Å². The first-order valence-electron chi connectivity index (χ1n) is 26.7. The molecular formula is C58H61F2N11O4S. The lowest BCUT2D eigenvalue weighted by Crippen LogP contribution is -2.51. The first kappa shape index (κ1) is 49.8. The number of hydrogen-bond acceptors (Lipinski definition) is 14. The molecule has 7 aromatic rings. The van der Waals surface area contributed by atoms with Crippen LogP contribution in [0.3, 0.4) is 0 Å². The number of carbonyl (C=O) groups excluding carboxylic acids is 2. The van der Waals surface area contributed by atoms with E-state index in [1.165, 1.54) is 6.07 Å². The zero-order valence-corrected chi connectivity index (χ0v) is 43.6. The van der Waals surface area contributed by atoms with Crippen molar-refractivity contribution in [3.05, 3.63) is 107 Å². The van der Waals surface area contributed by atoms with Gasteiger partial charge in [0.15, 0.2) is 11.6 Å². The number of piperazine rings is 1. The minimum Gasteiger partial charge on any atom is -0.462 e. The molecule has 3 aromatic carbocycles. The number of fused-ring (bicyclic) bond motifs is 4. The molecule has 2 N–H and O–H groups in total. The van der Waals surface area contributed by atoms with Gasteiger partial charge in [0.1, 0.15) is 41.3 Å². The van der Waals surface area contributed by atoms with E-state index in [4.69, 9.17) is 20.7 Å². The van der Waals surface area contributed by atoms with Gasteiger partial charge >= 0.3 is 6.01 Å². The van der Waals surface area contributed by atoms with Crippen LogP contribution in [0.15, 0.2) is 76.9 Å². The molecule has 2 amide bonds. The molecular weight excluding hydrogens is 985 g/mol. The Hall–Kier alpha value is -7.07. The highest BCUT2D eigenvalue weighted by Gasteiger charge is 2.38. The van der Waals surface area contributed by atoms with Gasteiger partial charge in [-0.3, -0.25) is 19.5 Å². The zero-order chi connectivity index (χ0) is 52.0. The summed E-state index contributed by atoms with van der Waals surface area (Å²) >= 11 is 1.61. The van der Waals surface area contributed by atoms with Gasteiger partial charge in [-0.05, 0) is 106 Å². The predicted octanol–water partition coefficient (Wildman–Crippen LogP) is 8.49. The van der Waals surface area contributed by atoms with Crippen LogP contribution in [0.2, 0.25) is 0 Å². The molecule has 4 unspecified atom stereocenters. The third-order valence-corrected chi connectivity index (χ3v) is 17.4. The van der Waals surface area contributed by atoms with E-state index >= 15 is 4.39 Å². The number of terminal acetylenes is 1. The van der Waals surface area contributed by atoms with Crippen LogP contribution in [0.4, 0.5) is 20.4 Å². The largest absolute Gasteiger partial charge is 0.462 e. The number of likely N-dealkylation sites (tertiary alicyclic amines) is 2. The number of aryl methyl sites for hydroxylation is 1.